The smallest absolute Gasteiger partial charge is 0.326 e. The number of hydrogen-bond acceptors (Lipinski definition) is 28. The van der Waals surface area contributed by atoms with E-state index in [9.17, 15) is 107 Å². The minimum Gasteiger partial charge on any atom is -0.481 e. The van der Waals surface area contributed by atoms with Crippen molar-refractivity contribution in [3.63, 3.8) is 0 Å². The predicted molar refractivity (Wildman–Crippen MR) is 290 cm³/mol. The minimum atomic E-state index is -5.31. The zero-order valence-corrected chi connectivity index (χ0v) is 47.1. The van der Waals surface area contributed by atoms with Crippen molar-refractivity contribution in [2.45, 2.75) is 67.1 Å². The van der Waals surface area contributed by atoms with Crippen LogP contribution in [0.15, 0.2) is 102 Å². The van der Waals surface area contributed by atoms with Gasteiger partial charge in [-0.15, -0.1) is 0 Å². The van der Waals surface area contributed by atoms with Gasteiger partial charge < -0.3 is 52.3 Å². The Morgan fingerprint density at radius 1 is 0.384 bits per heavy atom. The van der Waals surface area contributed by atoms with Crippen LogP contribution in [-0.4, -0.2) is 164 Å². The molecule has 6 aromatic rings. The van der Waals surface area contributed by atoms with Crippen LogP contribution in [-0.2, 0) is 79.9 Å². The Morgan fingerprint density at radius 3 is 0.965 bits per heavy atom. The molecule has 38 nitrogen and oxygen atoms in total. The maximum Gasteiger partial charge on any atom is 0.326 e. The van der Waals surface area contributed by atoms with Crippen LogP contribution in [0.1, 0.15) is 36.8 Å². The number of nitrogens with one attached hydrogen (secondary N) is 6. The number of carboxylic acid groups (broad SMARTS) is 4. The first-order valence-electron chi connectivity index (χ1n) is 22.8. The summed E-state index contributed by atoms with van der Waals surface area (Å²) in [6.07, 6.45) is -0.814. The first kappa shape index (κ1) is 65.9. The van der Waals surface area contributed by atoms with Crippen LogP contribution >= 0.6 is 0 Å². The van der Waals surface area contributed by atoms with Crippen molar-refractivity contribution in [3.05, 3.63) is 83.9 Å². The van der Waals surface area contributed by atoms with Crippen LogP contribution in [0.4, 0.5) is 58.4 Å². The van der Waals surface area contributed by atoms with Gasteiger partial charge in [-0.05, 0) is 84.6 Å². The average molecular weight is 1320 g/mol. The van der Waals surface area contributed by atoms with E-state index in [1.54, 1.807) is 0 Å². The van der Waals surface area contributed by atoms with Crippen LogP contribution < -0.4 is 31.9 Å². The Hall–Kier alpha value is -9.22. The van der Waals surface area contributed by atoms with E-state index in [0.717, 1.165) is 48.6 Å². The van der Waals surface area contributed by atoms with Gasteiger partial charge >= 0.3 is 23.9 Å². The summed E-state index contributed by atoms with van der Waals surface area (Å²) in [5.74, 6) is -10.6. The molecule has 0 aliphatic heterocycles. The van der Waals surface area contributed by atoms with Gasteiger partial charge in [-0.3, -0.25) is 36.9 Å². The summed E-state index contributed by atoms with van der Waals surface area (Å²) in [4.78, 5) is 64.5. The number of carbonyl (C=O) groups is 4. The van der Waals surface area contributed by atoms with Crippen LogP contribution in [0, 0.1) is 0 Å². The first-order valence-corrected chi connectivity index (χ1v) is 31.4. The molecule has 0 aliphatic rings. The van der Waals surface area contributed by atoms with Gasteiger partial charge in [-0.25, -0.2) is 9.59 Å². The molecule has 44 heteroatoms. The van der Waals surface area contributed by atoms with Crippen molar-refractivity contribution in [2.24, 2.45) is 0 Å². The van der Waals surface area contributed by atoms with E-state index >= 15 is 0 Å². The second kappa shape index (κ2) is 25.6. The molecule has 460 valence electrons. The molecule has 0 fully saturated rings. The minimum absolute atomic E-state index is 0.348. The molecule has 0 bridgehead atoms. The Balaban J connectivity index is 1.39. The monoisotopic (exact) mass is 1320 g/mol. The normalized spacial score (nSPS) is 13.0. The van der Waals surface area contributed by atoms with Crippen molar-refractivity contribution >= 4 is 155 Å². The number of aromatic nitrogens is 6. The highest BCUT2D eigenvalue weighted by Gasteiger charge is 2.27. The van der Waals surface area contributed by atoms with Gasteiger partial charge in [-0.1, -0.05) is 24.3 Å². The van der Waals surface area contributed by atoms with Gasteiger partial charge in [-0.2, -0.15) is 80.4 Å². The van der Waals surface area contributed by atoms with E-state index in [0.29, 0.717) is 36.4 Å². The maximum absolute atomic E-state index is 12.9. The van der Waals surface area contributed by atoms with Gasteiger partial charge in [0.05, 0.1) is 21.2 Å². The molecule has 2 heterocycles. The summed E-state index contributed by atoms with van der Waals surface area (Å²) in [5, 5.41) is 52.0. The van der Waals surface area contributed by atoms with E-state index in [1.807, 2.05) is 0 Å². The third-order valence-electron chi connectivity index (χ3n) is 10.9. The number of aliphatic carboxylic acids is 4. The van der Waals surface area contributed by atoms with Crippen molar-refractivity contribution in [2.75, 3.05) is 31.9 Å². The molecular formula is C42H40N12O26S6. The van der Waals surface area contributed by atoms with E-state index in [2.05, 4.69) is 61.8 Å². The van der Waals surface area contributed by atoms with E-state index in [-0.39, 0.29) is 11.4 Å². The molecule has 4 aromatic carbocycles. The maximum atomic E-state index is 12.9. The lowest BCUT2D eigenvalue weighted by Gasteiger charge is -2.16. The molecule has 2 unspecified atom stereocenters. The Kier molecular flexibility index (Phi) is 19.6. The molecular weight excluding hydrogens is 1280 g/mol. The third kappa shape index (κ3) is 18.1. The molecule has 0 saturated heterocycles. The van der Waals surface area contributed by atoms with Crippen LogP contribution in [0.5, 0.6) is 0 Å². The zero-order valence-electron chi connectivity index (χ0n) is 42.2. The molecule has 0 spiro atoms. The number of rotatable bonds is 28. The largest absolute Gasteiger partial charge is 0.481 e. The highest BCUT2D eigenvalue weighted by atomic mass is 32.2. The highest BCUT2D eigenvalue weighted by Crippen LogP contribution is 2.32. The second-order valence-electron chi connectivity index (χ2n) is 17.1. The fourth-order valence-corrected chi connectivity index (χ4v) is 10.8. The molecule has 2 aromatic heterocycles. The number of nitrogens with zero attached hydrogens (tertiary/aromatic N) is 6. The summed E-state index contributed by atoms with van der Waals surface area (Å²) in [6, 6.07) is 5.39. The SMILES string of the molecule is O=C(O)CCC(Nc1nc(Nc2ccc(/C=C/c3ccc(Nc4nc(Nc5cc(S(=O)(=O)O)ccc5S(=O)(=O)O)nc(NC(CCC(=O)O)C(=O)O)n4)cc3S(=O)(=O)O)c(S(=O)(=O)O)c2)nc(Nc2cc(S(=O)(=O)O)ccc2S(=O)(=O)O)n1)C(=O)O. The number of hydrogen-bond donors (Lipinski definition) is 16. The number of carboxylic acids is 4. The Morgan fingerprint density at radius 2 is 0.686 bits per heavy atom. The molecule has 0 amide bonds. The van der Waals surface area contributed by atoms with Crippen molar-refractivity contribution in [1.82, 2.24) is 29.9 Å². The van der Waals surface area contributed by atoms with Gasteiger partial charge in [0, 0.05) is 24.2 Å². The molecule has 0 saturated carbocycles. The van der Waals surface area contributed by atoms with Crippen molar-refractivity contribution in [1.29, 1.82) is 0 Å². The molecule has 2 atom stereocenters. The lowest BCUT2D eigenvalue weighted by Crippen LogP contribution is -2.31. The van der Waals surface area contributed by atoms with Crippen molar-refractivity contribution < 1.29 is 117 Å². The number of anilines is 10. The topological polar surface area (TPSA) is 625 Å². The lowest BCUT2D eigenvalue weighted by molar-refractivity contribution is -0.141. The fraction of sp³-hybridized carbons (Fsp3) is 0.143. The van der Waals surface area contributed by atoms with E-state index < -0.39 is 210 Å². The average Bonchev–Trinajstić information content (AvgIpc) is 1.07. The first-order chi connectivity index (χ1) is 39.6. The third-order valence-corrected chi connectivity index (χ3v) is 16.2. The molecule has 86 heavy (non-hydrogen) atoms. The van der Waals surface area contributed by atoms with Gasteiger partial charge in [0.15, 0.2) is 0 Å². The Labute approximate surface area is 483 Å². The zero-order chi connectivity index (χ0) is 64.1. The highest BCUT2D eigenvalue weighted by molar-refractivity contribution is 7.87. The summed E-state index contributed by atoms with van der Waals surface area (Å²) >= 11 is 0. The summed E-state index contributed by atoms with van der Waals surface area (Å²) < 4.78 is 208. The lowest BCUT2D eigenvalue weighted by atomic mass is 10.1. The van der Waals surface area contributed by atoms with Crippen molar-refractivity contribution in [3.8, 4) is 0 Å². The van der Waals surface area contributed by atoms with Gasteiger partial charge in [0.1, 0.15) is 31.7 Å². The standard InChI is InChI=1S/C42H40N12O26S6/c55-33(56)13-9-25(35(59)60)45-39-49-37(51-41(53-39)47-27-17-23(81(63,64)65)7-11-29(27)83(69,70)71)43-21-5-3-19(31(15-21)85(75,76)77)1-2-20-4-6-22(16-32(20)86(78,79)80)44-38-50-40(46-26(36(61)62)10-14-34(57)58)54-42(52-38)48-28-18-24(82(66,67)68)8-12-30(28)84(72,73)74/h1-8,11-12,15-18,25-26H,9-10,13-14H2,(H,55,56)(H,57,58)(H,59,60)(H,61,62)(H,63,64,65)(H,66,67,68)(H,69,70,71)(H,72,73,74)(H,75,76,77)(H,78,79,80)(H3,43,45,47,49,51,53)(H3,44,46,48,50,52,54)/b2-1+. The molecule has 6 rings (SSSR count). The van der Waals surface area contributed by atoms with Gasteiger partial charge in [0.2, 0.25) is 35.7 Å². The summed E-state index contributed by atoms with van der Waals surface area (Å²) in [7, 11) is -31.1. The molecule has 0 radical (unpaired) electrons. The molecule has 16 N–H and O–H groups in total. The van der Waals surface area contributed by atoms with E-state index in [1.165, 1.54) is 0 Å². The second-order valence-corrected chi connectivity index (χ2v) is 25.5. The summed E-state index contributed by atoms with van der Waals surface area (Å²) in [6.45, 7) is 0. The predicted octanol–water partition coefficient (Wildman–Crippen LogP) is 2.14. The fourth-order valence-electron chi connectivity index (χ4n) is 7.08. The molecule has 0 aliphatic carbocycles. The van der Waals surface area contributed by atoms with Gasteiger partial charge in [0.25, 0.3) is 60.7 Å². The number of benzene rings is 4. The Bertz CT molecular complexity index is 4200. The van der Waals surface area contributed by atoms with Crippen LogP contribution in [0.3, 0.4) is 0 Å². The van der Waals surface area contributed by atoms with E-state index in [4.69, 9.17) is 10.2 Å². The quantitative estimate of drug-likeness (QED) is 0.0247. The van der Waals surface area contributed by atoms with Crippen LogP contribution in [0.2, 0.25) is 0 Å². The van der Waals surface area contributed by atoms with Crippen LogP contribution in [0.25, 0.3) is 12.2 Å². The summed E-state index contributed by atoms with van der Waals surface area (Å²) in [5.41, 5.74) is -3.17.